The van der Waals surface area contributed by atoms with Crippen molar-refractivity contribution in [2.24, 2.45) is 11.5 Å². The molecule has 0 aliphatic heterocycles. The van der Waals surface area contributed by atoms with Gasteiger partial charge in [-0.05, 0) is 32.4 Å². The lowest BCUT2D eigenvalue weighted by molar-refractivity contribution is 0.100. The zero-order valence-corrected chi connectivity index (χ0v) is 18.3. The number of nitrogens with zero attached hydrogens (tertiary/aromatic N) is 5. The van der Waals surface area contributed by atoms with E-state index in [1.54, 1.807) is 24.7 Å². The van der Waals surface area contributed by atoms with Gasteiger partial charge in [-0.3, -0.25) is 9.78 Å². The molecule has 3 heterocycles. The van der Waals surface area contributed by atoms with Gasteiger partial charge in [-0.15, -0.1) is 4.80 Å². The SMILES string of the molecule is CCCCC(Nc1nc(Nc2cnc(C)c(-n3nccn3)c2)c(C(N)=O)cc1F)C(C)N. The van der Waals surface area contributed by atoms with Crippen molar-refractivity contribution in [1.29, 1.82) is 0 Å². The Bertz CT molecular complexity index is 1070. The number of hydrogen-bond acceptors (Lipinski definition) is 8. The number of hydrogen-bond donors (Lipinski definition) is 4. The lowest BCUT2D eigenvalue weighted by atomic mass is 10.0. The molecule has 0 spiro atoms. The number of carbonyl (C=O) groups excluding carboxylic acids is 1. The first-order valence-electron chi connectivity index (χ1n) is 10.4. The Kier molecular flexibility index (Phi) is 7.31. The highest BCUT2D eigenvalue weighted by atomic mass is 19.1. The molecule has 0 saturated carbocycles. The van der Waals surface area contributed by atoms with Crippen LogP contribution in [-0.2, 0) is 0 Å². The zero-order chi connectivity index (χ0) is 23.3. The molecule has 0 radical (unpaired) electrons. The first kappa shape index (κ1) is 23.1. The summed E-state index contributed by atoms with van der Waals surface area (Å²) in [7, 11) is 0. The van der Waals surface area contributed by atoms with Gasteiger partial charge in [0.1, 0.15) is 11.5 Å². The van der Waals surface area contributed by atoms with Crippen LogP contribution < -0.4 is 22.1 Å². The quantitative estimate of drug-likeness (QED) is 0.375. The maximum absolute atomic E-state index is 14.7. The molecule has 170 valence electrons. The molecule has 3 rings (SSSR count). The third-order valence-corrected chi connectivity index (χ3v) is 5.02. The predicted molar refractivity (Wildman–Crippen MR) is 120 cm³/mol. The highest BCUT2D eigenvalue weighted by molar-refractivity contribution is 5.98. The molecule has 0 fully saturated rings. The second-order valence-corrected chi connectivity index (χ2v) is 7.60. The Morgan fingerprint density at radius 3 is 2.59 bits per heavy atom. The molecule has 0 bridgehead atoms. The van der Waals surface area contributed by atoms with Crippen LogP contribution in [0.1, 0.15) is 49.2 Å². The number of pyridine rings is 2. The van der Waals surface area contributed by atoms with Crippen LogP contribution in [0.25, 0.3) is 5.69 Å². The van der Waals surface area contributed by atoms with E-state index >= 15 is 0 Å². The summed E-state index contributed by atoms with van der Waals surface area (Å²) in [4.78, 5) is 22.0. The van der Waals surface area contributed by atoms with E-state index in [2.05, 4.69) is 37.7 Å². The highest BCUT2D eigenvalue weighted by Gasteiger charge is 2.20. The van der Waals surface area contributed by atoms with Crippen LogP contribution in [0.3, 0.4) is 0 Å². The Balaban J connectivity index is 1.96. The van der Waals surface area contributed by atoms with Gasteiger partial charge in [0.15, 0.2) is 11.6 Å². The number of nitrogens with two attached hydrogens (primary N) is 2. The van der Waals surface area contributed by atoms with Crippen molar-refractivity contribution in [1.82, 2.24) is 25.0 Å². The molecule has 2 unspecified atom stereocenters. The number of aromatic nitrogens is 5. The minimum absolute atomic E-state index is 0.00931. The summed E-state index contributed by atoms with van der Waals surface area (Å²) in [5, 5.41) is 14.3. The van der Waals surface area contributed by atoms with Gasteiger partial charge in [-0.2, -0.15) is 10.2 Å². The summed E-state index contributed by atoms with van der Waals surface area (Å²) < 4.78 is 14.7. The summed E-state index contributed by atoms with van der Waals surface area (Å²) in [5.41, 5.74) is 13.3. The van der Waals surface area contributed by atoms with E-state index in [1.807, 2.05) is 13.8 Å². The van der Waals surface area contributed by atoms with Gasteiger partial charge >= 0.3 is 0 Å². The lowest BCUT2D eigenvalue weighted by Gasteiger charge is -2.23. The van der Waals surface area contributed by atoms with E-state index in [9.17, 15) is 9.18 Å². The van der Waals surface area contributed by atoms with Crippen molar-refractivity contribution in [3.63, 3.8) is 0 Å². The van der Waals surface area contributed by atoms with Crippen molar-refractivity contribution in [2.75, 3.05) is 10.6 Å². The van der Waals surface area contributed by atoms with Gasteiger partial charge in [0.2, 0.25) is 0 Å². The van der Waals surface area contributed by atoms with Crippen molar-refractivity contribution < 1.29 is 9.18 Å². The van der Waals surface area contributed by atoms with Crippen LogP contribution >= 0.6 is 0 Å². The molecular formula is C21H28FN9O. The van der Waals surface area contributed by atoms with Crippen molar-refractivity contribution in [3.05, 3.63) is 47.8 Å². The maximum Gasteiger partial charge on any atom is 0.252 e. The molecule has 0 aromatic carbocycles. The number of primary amides is 1. The number of rotatable bonds is 10. The molecule has 2 atom stereocenters. The standard InChI is InChI=1S/C21H28FN9O/c1-4-5-6-17(12(2)23)29-21-16(22)10-15(19(24)32)20(30-21)28-14-9-18(13(3)25-11-14)31-26-7-8-27-31/h7-12,17H,4-6,23H2,1-3H3,(H2,24,32)(H2,28,29,30). The fourth-order valence-corrected chi connectivity index (χ4v) is 3.21. The van der Waals surface area contributed by atoms with Crippen molar-refractivity contribution in [2.45, 2.75) is 52.1 Å². The van der Waals surface area contributed by atoms with Crippen LogP contribution in [-0.4, -0.2) is 43.0 Å². The topological polar surface area (TPSA) is 150 Å². The fourth-order valence-electron chi connectivity index (χ4n) is 3.21. The van der Waals surface area contributed by atoms with Crippen LogP contribution in [0, 0.1) is 12.7 Å². The average molecular weight is 442 g/mol. The molecule has 0 aliphatic carbocycles. The number of halogens is 1. The van der Waals surface area contributed by atoms with E-state index in [-0.39, 0.29) is 29.3 Å². The van der Waals surface area contributed by atoms with E-state index in [1.165, 1.54) is 4.80 Å². The van der Waals surface area contributed by atoms with Crippen molar-refractivity contribution in [3.8, 4) is 5.69 Å². The average Bonchev–Trinajstić information content (AvgIpc) is 3.28. The van der Waals surface area contributed by atoms with Crippen LogP contribution in [0.4, 0.5) is 21.7 Å². The third kappa shape index (κ3) is 5.35. The highest BCUT2D eigenvalue weighted by Crippen LogP contribution is 2.26. The molecule has 3 aromatic rings. The number of anilines is 3. The van der Waals surface area contributed by atoms with Gasteiger partial charge < -0.3 is 22.1 Å². The van der Waals surface area contributed by atoms with Gasteiger partial charge in [0, 0.05) is 12.1 Å². The molecule has 32 heavy (non-hydrogen) atoms. The van der Waals surface area contributed by atoms with Crippen LogP contribution in [0.5, 0.6) is 0 Å². The molecule has 6 N–H and O–H groups in total. The van der Waals surface area contributed by atoms with Gasteiger partial charge in [-0.25, -0.2) is 9.37 Å². The molecule has 1 amide bonds. The first-order valence-corrected chi connectivity index (χ1v) is 10.4. The minimum Gasteiger partial charge on any atom is -0.365 e. The lowest BCUT2D eigenvalue weighted by Crippen LogP contribution is -2.38. The molecular weight excluding hydrogens is 413 g/mol. The molecule has 0 saturated heterocycles. The van der Waals surface area contributed by atoms with E-state index in [0.717, 1.165) is 25.3 Å². The summed E-state index contributed by atoms with van der Waals surface area (Å²) in [6.45, 7) is 5.74. The maximum atomic E-state index is 14.7. The summed E-state index contributed by atoms with van der Waals surface area (Å²) in [6.07, 6.45) is 7.36. The smallest absolute Gasteiger partial charge is 0.252 e. The van der Waals surface area contributed by atoms with Gasteiger partial charge in [0.05, 0.1) is 35.5 Å². The van der Waals surface area contributed by atoms with E-state index < -0.39 is 11.7 Å². The molecule has 0 aliphatic rings. The second kappa shape index (κ2) is 10.1. The normalized spacial score (nSPS) is 12.9. The van der Waals surface area contributed by atoms with Crippen LogP contribution in [0.15, 0.2) is 30.7 Å². The Labute approximate surface area is 185 Å². The molecule has 11 heteroatoms. The predicted octanol–water partition coefficient (Wildman–Crippen LogP) is 2.67. The molecule has 10 nitrogen and oxygen atoms in total. The van der Waals surface area contributed by atoms with Crippen molar-refractivity contribution >= 4 is 23.2 Å². The summed E-state index contributed by atoms with van der Waals surface area (Å²) in [5.74, 6) is -1.40. The van der Waals surface area contributed by atoms with E-state index in [4.69, 9.17) is 11.5 Å². The zero-order valence-electron chi connectivity index (χ0n) is 18.3. The number of amides is 1. The van der Waals surface area contributed by atoms with Gasteiger partial charge in [0.25, 0.3) is 5.91 Å². The third-order valence-electron chi connectivity index (χ3n) is 5.02. The first-order chi connectivity index (χ1) is 15.3. The largest absolute Gasteiger partial charge is 0.365 e. The van der Waals surface area contributed by atoms with Crippen LogP contribution in [0.2, 0.25) is 0 Å². The Morgan fingerprint density at radius 2 is 1.97 bits per heavy atom. The number of aryl methyl sites for hydroxylation is 1. The monoisotopic (exact) mass is 441 g/mol. The Hall–Kier alpha value is -3.60. The summed E-state index contributed by atoms with van der Waals surface area (Å²) in [6, 6.07) is 2.41. The number of unbranched alkanes of at least 4 members (excludes halogenated alkanes) is 1. The van der Waals surface area contributed by atoms with Gasteiger partial charge in [-0.1, -0.05) is 19.8 Å². The fraction of sp³-hybridized carbons (Fsp3) is 0.381. The Morgan fingerprint density at radius 1 is 1.25 bits per heavy atom. The summed E-state index contributed by atoms with van der Waals surface area (Å²) >= 11 is 0. The second-order valence-electron chi connectivity index (χ2n) is 7.60. The number of carbonyl (C=O) groups is 1. The minimum atomic E-state index is -0.811. The molecule has 3 aromatic heterocycles. The number of nitrogens with one attached hydrogen (secondary N) is 2. The van der Waals surface area contributed by atoms with E-state index in [0.29, 0.717) is 17.1 Å².